The highest BCUT2D eigenvalue weighted by Gasteiger charge is 2.17. The molecule has 0 saturated heterocycles. The van der Waals surface area contributed by atoms with Crippen molar-refractivity contribution in [1.82, 2.24) is 9.55 Å². The quantitative estimate of drug-likeness (QED) is 0.769. The summed E-state index contributed by atoms with van der Waals surface area (Å²) in [5.41, 5.74) is 0. The lowest BCUT2D eigenvalue weighted by molar-refractivity contribution is 0.349. The normalized spacial score (nSPS) is 19.2. The Balaban J connectivity index is 2.18. The van der Waals surface area contributed by atoms with Gasteiger partial charge in [0.2, 0.25) is 0 Å². The molecule has 1 aromatic heterocycles. The molecule has 1 heterocycles. The van der Waals surface area contributed by atoms with Crippen molar-refractivity contribution >= 4 is 31.9 Å². The minimum absolute atomic E-state index is 0.655. The highest BCUT2D eigenvalue weighted by Crippen LogP contribution is 2.31. The molecule has 0 radical (unpaired) electrons. The van der Waals surface area contributed by atoms with Gasteiger partial charge in [-0.1, -0.05) is 19.3 Å². The van der Waals surface area contributed by atoms with E-state index >= 15 is 0 Å². The van der Waals surface area contributed by atoms with E-state index in [9.17, 15) is 0 Å². The first-order valence-corrected chi connectivity index (χ1v) is 6.26. The maximum absolute atomic E-state index is 4.28. The summed E-state index contributed by atoms with van der Waals surface area (Å²) in [4.78, 5) is 4.28. The van der Waals surface area contributed by atoms with Gasteiger partial charge in [0.05, 0.1) is 0 Å². The molecular formula is C9H12Br2N2. The van der Waals surface area contributed by atoms with Gasteiger partial charge in [-0.2, -0.15) is 0 Å². The van der Waals surface area contributed by atoms with Gasteiger partial charge < -0.3 is 4.57 Å². The van der Waals surface area contributed by atoms with E-state index in [4.69, 9.17) is 0 Å². The molecule has 2 rings (SSSR count). The summed E-state index contributed by atoms with van der Waals surface area (Å²) in [6, 6.07) is 0.655. The van der Waals surface area contributed by atoms with Crippen molar-refractivity contribution in [2.24, 2.45) is 0 Å². The number of hydrogen-bond donors (Lipinski definition) is 0. The Labute approximate surface area is 95.0 Å². The fourth-order valence-corrected chi connectivity index (χ4v) is 3.17. The molecule has 2 nitrogen and oxygen atoms in total. The summed E-state index contributed by atoms with van der Waals surface area (Å²) in [6.07, 6.45) is 8.76. The second-order valence-corrected chi connectivity index (χ2v) is 5.05. The summed E-state index contributed by atoms with van der Waals surface area (Å²) in [5.74, 6) is 0. The number of hydrogen-bond acceptors (Lipinski definition) is 1. The van der Waals surface area contributed by atoms with Crippen LogP contribution < -0.4 is 0 Å². The predicted molar refractivity (Wildman–Crippen MR) is 59.7 cm³/mol. The van der Waals surface area contributed by atoms with E-state index in [-0.39, 0.29) is 0 Å². The summed E-state index contributed by atoms with van der Waals surface area (Å²) in [5, 5.41) is 0. The summed E-state index contributed by atoms with van der Waals surface area (Å²) >= 11 is 6.86. The van der Waals surface area contributed by atoms with Crippen molar-refractivity contribution < 1.29 is 0 Å². The Morgan fingerprint density at radius 1 is 1.23 bits per heavy atom. The van der Waals surface area contributed by atoms with Crippen LogP contribution in [0.2, 0.25) is 0 Å². The van der Waals surface area contributed by atoms with Gasteiger partial charge in [0.15, 0.2) is 4.73 Å². The highest BCUT2D eigenvalue weighted by atomic mass is 79.9. The van der Waals surface area contributed by atoms with Gasteiger partial charge in [-0.05, 0) is 44.7 Å². The van der Waals surface area contributed by atoms with Gasteiger partial charge in [-0.3, -0.25) is 0 Å². The van der Waals surface area contributed by atoms with Gasteiger partial charge in [0.25, 0.3) is 0 Å². The molecule has 0 bridgehead atoms. The van der Waals surface area contributed by atoms with Crippen molar-refractivity contribution in [3.8, 4) is 0 Å². The van der Waals surface area contributed by atoms with Crippen molar-refractivity contribution in [3.05, 3.63) is 15.5 Å². The van der Waals surface area contributed by atoms with Gasteiger partial charge in [0.1, 0.15) is 4.60 Å². The van der Waals surface area contributed by atoms with Gasteiger partial charge >= 0.3 is 0 Å². The van der Waals surface area contributed by atoms with Crippen LogP contribution >= 0.6 is 31.9 Å². The third-order valence-corrected chi connectivity index (χ3v) is 3.59. The zero-order chi connectivity index (χ0) is 9.26. The second-order valence-electron chi connectivity index (χ2n) is 3.53. The van der Waals surface area contributed by atoms with Crippen molar-refractivity contribution in [2.45, 2.75) is 38.1 Å². The van der Waals surface area contributed by atoms with Crippen molar-refractivity contribution in [1.29, 1.82) is 0 Å². The average Bonchev–Trinajstić information content (AvgIpc) is 2.47. The Morgan fingerprint density at radius 3 is 2.46 bits per heavy atom. The zero-order valence-corrected chi connectivity index (χ0v) is 10.5. The van der Waals surface area contributed by atoms with Crippen LogP contribution in [-0.4, -0.2) is 9.55 Å². The lowest BCUT2D eigenvalue weighted by Crippen LogP contribution is -2.11. The molecule has 0 N–H and O–H groups in total. The van der Waals surface area contributed by atoms with Crippen LogP contribution in [-0.2, 0) is 0 Å². The minimum atomic E-state index is 0.655. The second kappa shape index (κ2) is 4.13. The molecule has 13 heavy (non-hydrogen) atoms. The summed E-state index contributed by atoms with van der Waals surface area (Å²) in [7, 11) is 0. The predicted octanol–water partition coefficient (Wildman–Crippen LogP) is 3.91. The van der Waals surface area contributed by atoms with Crippen LogP contribution in [0.3, 0.4) is 0 Å². The maximum Gasteiger partial charge on any atom is 0.178 e. The third kappa shape index (κ3) is 2.15. The van der Waals surface area contributed by atoms with E-state index in [0.29, 0.717) is 6.04 Å². The minimum Gasteiger partial charge on any atom is -0.321 e. The molecule has 1 aromatic rings. The largest absolute Gasteiger partial charge is 0.321 e. The summed E-state index contributed by atoms with van der Waals surface area (Å²) in [6.45, 7) is 0. The van der Waals surface area contributed by atoms with Crippen LogP contribution in [0.25, 0.3) is 0 Å². The Morgan fingerprint density at radius 2 is 1.92 bits per heavy atom. The van der Waals surface area contributed by atoms with E-state index in [0.717, 1.165) is 9.34 Å². The molecule has 0 aromatic carbocycles. The molecular weight excluding hydrogens is 296 g/mol. The Kier molecular flexibility index (Phi) is 3.09. The molecule has 1 aliphatic rings. The molecule has 0 spiro atoms. The monoisotopic (exact) mass is 306 g/mol. The molecule has 0 amide bonds. The topological polar surface area (TPSA) is 17.8 Å². The van der Waals surface area contributed by atoms with E-state index in [1.165, 1.54) is 32.1 Å². The fraction of sp³-hybridized carbons (Fsp3) is 0.667. The smallest absolute Gasteiger partial charge is 0.178 e. The molecule has 72 valence electrons. The lowest BCUT2D eigenvalue weighted by Gasteiger charge is -2.23. The summed E-state index contributed by atoms with van der Waals surface area (Å²) < 4.78 is 4.11. The van der Waals surface area contributed by atoms with Crippen LogP contribution in [0, 0.1) is 0 Å². The van der Waals surface area contributed by atoms with Gasteiger partial charge in [-0.15, -0.1) is 0 Å². The lowest BCUT2D eigenvalue weighted by atomic mass is 9.95. The number of imidazole rings is 1. The van der Waals surface area contributed by atoms with E-state index in [2.05, 4.69) is 47.6 Å². The number of aromatic nitrogens is 2. The van der Waals surface area contributed by atoms with E-state index in [1.54, 1.807) is 0 Å². The highest BCUT2D eigenvalue weighted by molar-refractivity contribution is 9.11. The molecule has 0 aliphatic heterocycles. The maximum atomic E-state index is 4.28. The van der Waals surface area contributed by atoms with Gasteiger partial charge in [-0.25, -0.2) is 4.98 Å². The standard InChI is InChI=1S/C9H12Br2N2/c10-8-6-13(9(11)12-8)7-4-2-1-3-5-7/h6-7H,1-5H2. The Bertz CT molecular complexity index is 290. The molecule has 1 saturated carbocycles. The third-order valence-electron chi connectivity index (χ3n) is 2.63. The zero-order valence-electron chi connectivity index (χ0n) is 7.34. The number of halogens is 2. The SMILES string of the molecule is Brc1cn(C2CCCCC2)c(Br)n1. The van der Waals surface area contributed by atoms with Crippen molar-refractivity contribution in [3.63, 3.8) is 0 Å². The van der Waals surface area contributed by atoms with Crippen molar-refractivity contribution in [2.75, 3.05) is 0 Å². The van der Waals surface area contributed by atoms with Crippen LogP contribution in [0.15, 0.2) is 15.5 Å². The van der Waals surface area contributed by atoms with E-state index < -0.39 is 0 Å². The first kappa shape index (κ1) is 9.71. The average molecular weight is 308 g/mol. The fourth-order valence-electron chi connectivity index (χ4n) is 1.96. The Hall–Kier alpha value is 0.170. The molecule has 4 heteroatoms. The first-order chi connectivity index (χ1) is 6.27. The molecule has 1 aliphatic carbocycles. The van der Waals surface area contributed by atoms with Gasteiger partial charge in [0, 0.05) is 12.2 Å². The first-order valence-electron chi connectivity index (χ1n) is 4.67. The van der Waals surface area contributed by atoms with Crippen LogP contribution in [0.5, 0.6) is 0 Å². The number of rotatable bonds is 1. The molecule has 0 atom stereocenters. The molecule has 1 fully saturated rings. The van der Waals surface area contributed by atoms with Crippen LogP contribution in [0.4, 0.5) is 0 Å². The van der Waals surface area contributed by atoms with E-state index in [1.807, 2.05) is 0 Å². The number of nitrogens with zero attached hydrogens (tertiary/aromatic N) is 2. The molecule has 0 unspecified atom stereocenters. The van der Waals surface area contributed by atoms with Crippen LogP contribution in [0.1, 0.15) is 38.1 Å².